The molecule has 6 nitrogen and oxygen atoms in total. The highest BCUT2D eigenvalue weighted by Gasteiger charge is 2.23. The minimum absolute atomic E-state index is 0.117. The van der Waals surface area contributed by atoms with Crippen molar-refractivity contribution in [2.24, 2.45) is 0 Å². The molecule has 0 saturated heterocycles. The van der Waals surface area contributed by atoms with E-state index in [0.717, 1.165) is 42.1 Å². The zero-order valence-corrected chi connectivity index (χ0v) is 18.4. The fraction of sp³-hybridized carbons (Fsp3) is 0.348. The molecule has 2 aromatic carbocycles. The number of carbonyl (C=O) groups excluding carboxylic acids is 1. The Morgan fingerprint density at radius 3 is 2.47 bits per heavy atom. The summed E-state index contributed by atoms with van der Waals surface area (Å²) < 4.78 is 3.55. The molecule has 1 aliphatic rings. The Morgan fingerprint density at radius 2 is 1.77 bits per heavy atom. The predicted molar refractivity (Wildman–Crippen MR) is 122 cm³/mol. The lowest BCUT2D eigenvalue weighted by atomic mass is 9.95. The van der Waals surface area contributed by atoms with Crippen molar-refractivity contribution in [3.05, 3.63) is 73.3 Å². The molecule has 1 N–H and O–H groups in total. The van der Waals surface area contributed by atoms with Crippen molar-refractivity contribution in [2.45, 2.75) is 51.6 Å². The van der Waals surface area contributed by atoms with Gasteiger partial charge in [-0.15, -0.1) is 0 Å². The second-order valence-corrected chi connectivity index (χ2v) is 8.83. The zero-order chi connectivity index (χ0) is 21.3. The summed E-state index contributed by atoms with van der Waals surface area (Å²) in [4.78, 5) is 39.3. The molecule has 1 aliphatic carbocycles. The first kappa shape index (κ1) is 20.6. The van der Waals surface area contributed by atoms with Crippen molar-refractivity contribution in [2.75, 3.05) is 5.32 Å². The van der Waals surface area contributed by atoms with Gasteiger partial charge in [-0.2, -0.15) is 0 Å². The van der Waals surface area contributed by atoms with Crippen molar-refractivity contribution < 1.29 is 4.79 Å². The molecule has 1 amide bonds. The van der Waals surface area contributed by atoms with E-state index in [0.29, 0.717) is 16.6 Å². The third kappa shape index (κ3) is 4.12. The van der Waals surface area contributed by atoms with Crippen LogP contribution in [0.25, 0.3) is 10.9 Å². The average Bonchev–Trinajstić information content (AvgIpc) is 2.74. The minimum atomic E-state index is -0.416. The van der Waals surface area contributed by atoms with E-state index in [1.807, 2.05) is 31.2 Å². The van der Waals surface area contributed by atoms with Gasteiger partial charge in [-0.3, -0.25) is 18.7 Å². The number of nitrogens with zero attached hydrogens (tertiary/aromatic N) is 2. The molecule has 3 aromatic rings. The van der Waals surface area contributed by atoms with Crippen molar-refractivity contribution >= 4 is 38.4 Å². The van der Waals surface area contributed by atoms with Gasteiger partial charge < -0.3 is 5.32 Å². The van der Waals surface area contributed by atoms with Crippen LogP contribution in [0.5, 0.6) is 0 Å². The van der Waals surface area contributed by atoms with Crippen LogP contribution in [0.2, 0.25) is 0 Å². The number of hydrogen-bond donors (Lipinski definition) is 1. The second-order valence-electron chi connectivity index (χ2n) is 7.91. The maximum Gasteiger partial charge on any atom is 0.332 e. The van der Waals surface area contributed by atoms with Gasteiger partial charge in [0.2, 0.25) is 5.91 Å². The molecule has 156 valence electrons. The van der Waals surface area contributed by atoms with Crippen molar-refractivity contribution in [3.8, 4) is 0 Å². The van der Waals surface area contributed by atoms with Crippen LogP contribution in [0, 0.1) is 6.92 Å². The van der Waals surface area contributed by atoms with Gasteiger partial charge in [0, 0.05) is 16.2 Å². The molecular weight excluding hydrogens is 446 g/mol. The van der Waals surface area contributed by atoms with Gasteiger partial charge in [0.1, 0.15) is 6.54 Å². The average molecular weight is 470 g/mol. The highest BCUT2D eigenvalue weighted by Crippen LogP contribution is 2.26. The molecule has 1 fully saturated rings. The number of aryl methyl sites for hydroxylation is 1. The molecule has 0 spiro atoms. The number of nitrogens with one attached hydrogen (secondary N) is 1. The first-order valence-electron chi connectivity index (χ1n) is 10.2. The highest BCUT2D eigenvalue weighted by atomic mass is 79.9. The second kappa shape index (κ2) is 8.60. The molecule has 1 aromatic heterocycles. The summed E-state index contributed by atoms with van der Waals surface area (Å²) in [7, 11) is 0. The van der Waals surface area contributed by atoms with E-state index in [4.69, 9.17) is 0 Å². The number of carbonyl (C=O) groups is 1. The maximum absolute atomic E-state index is 13.4. The third-order valence-electron chi connectivity index (χ3n) is 5.71. The Kier molecular flexibility index (Phi) is 5.90. The Bertz CT molecular complexity index is 1210. The summed E-state index contributed by atoms with van der Waals surface area (Å²) in [5.41, 5.74) is 1.55. The lowest BCUT2D eigenvalue weighted by Gasteiger charge is -2.24. The molecule has 0 aliphatic heterocycles. The molecule has 30 heavy (non-hydrogen) atoms. The van der Waals surface area contributed by atoms with Gasteiger partial charge in [0.05, 0.1) is 10.9 Å². The van der Waals surface area contributed by atoms with E-state index in [1.165, 1.54) is 9.13 Å². The van der Waals surface area contributed by atoms with Crippen LogP contribution in [0.1, 0.15) is 43.7 Å². The molecule has 0 unspecified atom stereocenters. The topological polar surface area (TPSA) is 73.1 Å². The molecule has 7 heteroatoms. The van der Waals surface area contributed by atoms with E-state index in [-0.39, 0.29) is 24.1 Å². The molecule has 1 heterocycles. The van der Waals surface area contributed by atoms with Gasteiger partial charge in [0.15, 0.2) is 0 Å². The van der Waals surface area contributed by atoms with Crippen LogP contribution in [-0.2, 0) is 11.3 Å². The van der Waals surface area contributed by atoms with Crippen molar-refractivity contribution in [1.82, 2.24) is 9.13 Å². The Hall–Kier alpha value is -2.67. The summed E-state index contributed by atoms with van der Waals surface area (Å²) in [5.74, 6) is -0.306. The van der Waals surface area contributed by atoms with Crippen molar-refractivity contribution in [3.63, 3.8) is 0 Å². The number of fused-ring (bicyclic) bond motifs is 1. The number of amides is 1. The highest BCUT2D eigenvalue weighted by molar-refractivity contribution is 9.10. The van der Waals surface area contributed by atoms with E-state index < -0.39 is 5.69 Å². The molecular formula is C23H24BrN3O3. The largest absolute Gasteiger partial charge is 0.332 e. The number of halogens is 1. The zero-order valence-electron chi connectivity index (χ0n) is 16.9. The lowest BCUT2D eigenvalue weighted by molar-refractivity contribution is -0.116. The van der Waals surface area contributed by atoms with Gasteiger partial charge in [0.25, 0.3) is 5.56 Å². The number of hydrogen-bond acceptors (Lipinski definition) is 3. The Labute approximate surface area is 182 Å². The fourth-order valence-electron chi connectivity index (χ4n) is 4.16. The third-order valence-corrected chi connectivity index (χ3v) is 6.21. The van der Waals surface area contributed by atoms with Crippen LogP contribution in [0.3, 0.4) is 0 Å². The SMILES string of the molecule is Cc1ccc(NC(=O)Cn2c(=O)n(C3CCCCC3)c(=O)c3cc(Br)ccc32)cc1. The molecule has 0 radical (unpaired) electrons. The summed E-state index contributed by atoms with van der Waals surface area (Å²) >= 11 is 3.42. The number of anilines is 1. The molecule has 0 atom stereocenters. The van der Waals surface area contributed by atoms with E-state index in [9.17, 15) is 14.4 Å². The predicted octanol–water partition coefficient (Wildman–Crippen LogP) is 4.38. The van der Waals surface area contributed by atoms with E-state index >= 15 is 0 Å². The van der Waals surface area contributed by atoms with Gasteiger partial charge in [-0.05, 0) is 50.1 Å². The fourth-order valence-corrected chi connectivity index (χ4v) is 4.52. The van der Waals surface area contributed by atoms with Crippen LogP contribution >= 0.6 is 15.9 Å². The monoisotopic (exact) mass is 469 g/mol. The van der Waals surface area contributed by atoms with Crippen LogP contribution in [0.15, 0.2) is 56.5 Å². The van der Waals surface area contributed by atoms with Gasteiger partial charge >= 0.3 is 5.69 Å². The number of aromatic nitrogens is 2. The molecule has 0 bridgehead atoms. The number of rotatable bonds is 4. The summed E-state index contributed by atoms with van der Waals surface area (Å²) in [6, 6.07) is 12.6. The van der Waals surface area contributed by atoms with Crippen LogP contribution in [-0.4, -0.2) is 15.0 Å². The minimum Gasteiger partial charge on any atom is -0.325 e. The lowest BCUT2D eigenvalue weighted by Crippen LogP contribution is -2.44. The van der Waals surface area contributed by atoms with Gasteiger partial charge in [-0.25, -0.2) is 4.79 Å². The first-order valence-corrected chi connectivity index (χ1v) is 11.0. The Morgan fingerprint density at radius 1 is 1.07 bits per heavy atom. The van der Waals surface area contributed by atoms with Crippen molar-refractivity contribution in [1.29, 1.82) is 0 Å². The van der Waals surface area contributed by atoms with E-state index in [2.05, 4.69) is 21.2 Å². The maximum atomic E-state index is 13.4. The first-order chi connectivity index (χ1) is 14.4. The normalized spacial score (nSPS) is 14.7. The van der Waals surface area contributed by atoms with Crippen LogP contribution in [0.4, 0.5) is 5.69 Å². The smallest absolute Gasteiger partial charge is 0.325 e. The molecule has 1 saturated carbocycles. The van der Waals surface area contributed by atoms with Gasteiger partial charge in [-0.1, -0.05) is 52.9 Å². The quantitative estimate of drug-likeness (QED) is 0.615. The van der Waals surface area contributed by atoms with E-state index in [1.54, 1.807) is 18.2 Å². The summed E-state index contributed by atoms with van der Waals surface area (Å²) in [5, 5.41) is 3.28. The van der Waals surface area contributed by atoms with Crippen LogP contribution < -0.4 is 16.6 Å². The Balaban J connectivity index is 1.77. The molecule has 4 rings (SSSR count). The summed E-state index contributed by atoms with van der Waals surface area (Å²) in [6.45, 7) is 1.82. The summed E-state index contributed by atoms with van der Waals surface area (Å²) in [6.07, 6.45) is 4.74. The number of benzene rings is 2. The standard InChI is InChI=1S/C23H24BrN3O3/c1-15-7-10-17(11-8-15)25-21(28)14-26-20-12-9-16(24)13-19(20)22(29)27(23(26)30)18-5-3-2-4-6-18/h7-13,18H,2-6,14H2,1H3,(H,25,28).